The fourth-order valence-corrected chi connectivity index (χ4v) is 2.57. The summed E-state index contributed by atoms with van der Waals surface area (Å²) in [4.78, 5) is 23.3. The number of hydrogen-bond donors (Lipinski definition) is 2. The zero-order valence-electron chi connectivity index (χ0n) is 14.7. The van der Waals surface area contributed by atoms with E-state index in [9.17, 15) is 9.59 Å². The zero-order valence-corrected chi connectivity index (χ0v) is 14.7. The minimum atomic E-state index is -1.09. The van der Waals surface area contributed by atoms with Gasteiger partial charge in [0, 0.05) is 19.0 Å². The molecule has 0 aliphatic rings. The second-order valence-electron chi connectivity index (χ2n) is 5.82. The summed E-state index contributed by atoms with van der Waals surface area (Å²) in [5, 5.41) is 11.9. The molecular formula is C19H23NO5. The highest BCUT2D eigenvalue weighted by Gasteiger charge is 2.19. The van der Waals surface area contributed by atoms with E-state index in [0.29, 0.717) is 18.7 Å². The summed E-state index contributed by atoms with van der Waals surface area (Å²) in [6.07, 6.45) is 1.18. The average Bonchev–Trinajstić information content (AvgIpc) is 3.06. The zero-order chi connectivity index (χ0) is 18.4. The van der Waals surface area contributed by atoms with E-state index in [2.05, 4.69) is 12.2 Å². The number of methoxy groups -OCH3 is 1. The lowest BCUT2D eigenvalue weighted by Crippen LogP contribution is -2.25. The maximum atomic E-state index is 12.1. The summed E-state index contributed by atoms with van der Waals surface area (Å²) in [6.45, 7) is 4.33. The van der Waals surface area contributed by atoms with Crippen LogP contribution in [0.25, 0.3) is 0 Å². The molecule has 0 fully saturated rings. The van der Waals surface area contributed by atoms with E-state index in [1.165, 1.54) is 6.07 Å². The molecule has 134 valence electrons. The second kappa shape index (κ2) is 8.37. The number of furan rings is 1. The van der Waals surface area contributed by atoms with Gasteiger partial charge in [-0.15, -0.1) is 0 Å². The van der Waals surface area contributed by atoms with Crippen LogP contribution >= 0.6 is 0 Å². The molecule has 0 saturated heterocycles. The van der Waals surface area contributed by atoms with Gasteiger partial charge >= 0.3 is 5.97 Å². The minimum absolute atomic E-state index is 0.0337. The lowest BCUT2D eigenvalue weighted by atomic mass is 9.98. The van der Waals surface area contributed by atoms with Gasteiger partial charge < -0.3 is 19.6 Å². The van der Waals surface area contributed by atoms with Crippen LogP contribution in [0.3, 0.4) is 0 Å². The van der Waals surface area contributed by atoms with E-state index in [4.69, 9.17) is 14.3 Å². The maximum Gasteiger partial charge on any atom is 0.339 e. The predicted molar refractivity (Wildman–Crippen MR) is 93.4 cm³/mol. The van der Waals surface area contributed by atoms with Crippen LogP contribution in [0.4, 0.5) is 0 Å². The van der Waals surface area contributed by atoms with Crippen molar-refractivity contribution < 1.29 is 23.8 Å². The van der Waals surface area contributed by atoms with E-state index < -0.39 is 11.9 Å². The van der Waals surface area contributed by atoms with E-state index in [0.717, 1.165) is 17.7 Å². The lowest BCUT2D eigenvalue weighted by molar-refractivity contribution is 0.0694. The fourth-order valence-electron chi connectivity index (χ4n) is 2.57. The van der Waals surface area contributed by atoms with Gasteiger partial charge in [0.1, 0.15) is 17.1 Å². The van der Waals surface area contributed by atoms with Crippen LogP contribution in [0.2, 0.25) is 0 Å². The molecular weight excluding hydrogens is 322 g/mol. The average molecular weight is 345 g/mol. The molecule has 1 aromatic carbocycles. The van der Waals surface area contributed by atoms with Gasteiger partial charge in [-0.25, -0.2) is 4.79 Å². The van der Waals surface area contributed by atoms with E-state index in [1.807, 2.05) is 24.3 Å². The van der Waals surface area contributed by atoms with Crippen molar-refractivity contribution >= 4 is 11.9 Å². The van der Waals surface area contributed by atoms with E-state index in [1.54, 1.807) is 14.0 Å². The molecule has 2 aromatic rings. The van der Waals surface area contributed by atoms with Gasteiger partial charge in [-0.1, -0.05) is 26.0 Å². The Balaban J connectivity index is 1.90. The summed E-state index contributed by atoms with van der Waals surface area (Å²) in [5.74, 6) is -0.0702. The first-order valence-corrected chi connectivity index (χ1v) is 8.24. The smallest absolute Gasteiger partial charge is 0.339 e. The Hall–Kier alpha value is -2.76. The SMILES string of the molecule is CCc1oc(C(=O)NCCC(C)c2ccc(OC)cc2)cc1C(=O)O. The number of hydrogen-bond acceptors (Lipinski definition) is 4. The number of aryl methyl sites for hydroxylation is 1. The number of carbonyl (C=O) groups is 2. The molecule has 0 aliphatic carbocycles. The van der Waals surface area contributed by atoms with Crippen LogP contribution in [0.5, 0.6) is 5.75 Å². The molecule has 0 radical (unpaired) electrons. The molecule has 1 atom stereocenters. The number of benzene rings is 1. The topological polar surface area (TPSA) is 88.8 Å². The third-order valence-corrected chi connectivity index (χ3v) is 4.13. The number of amides is 1. The maximum absolute atomic E-state index is 12.1. The number of carbonyl (C=O) groups excluding carboxylic acids is 1. The predicted octanol–water partition coefficient (Wildman–Crippen LogP) is 3.47. The first kappa shape index (κ1) is 18.6. The third kappa shape index (κ3) is 4.62. The molecule has 2 rings (SSSR count). The number of rotatable bonds is 8. The summed E-state index contributed by atoms with van der Waals surface area (Å²) in [7, 11) is 1.63. The number of nitrogens with one attached hydrogen (secondary N) is 1. The molecule has 1 heterocycles. The van der Waals surface area contributed by atoms with Gasteiger partial charge in [0.05, 0.1) is 7.11 Å². The monoisotopic (exact) mass is 345 g/mol. The number of carboxylic acid groups (broad SMARTS) is 1. The Morgan fingerprint density at radius 1 is 1.28 bits per heavy atom. The van der Waals surface area contributed by atoms with E-state index in [-0.39, 0.29) is 17.2 Å². The standard InChI is InChI=1S/C19H23NO5/c1-4-16-15(19(22)23)11-17(25-16)18(21)20-10-9-12(2)13-5-7-14(24-3)8-6-13/h5-8,11-12H,4,9-10H2,1-3H3,(H,20,21)(H,22,23). The lowest BCUT2D eigenvalue weighted by Gasteiger charge is -2.12. The molecule has 1 unspecified atom stereocenters. The normalized spacial score (nSPS) is 11.8. The highest BCUT2D eigenvalue weighted by atomic mass is 16.5. The summed E-state index contributed by atoms with van der Waals surface area (Å²) < 4.78 is 10.5. The molecule has 0 aliphatic heterocycles. The first-order valence-electron chi connectivity index (χ1n) is 8.24. The van der Waals surface area contributed by atoms with Crippen molar-refractivity contribution in [2.24, 2.45) is 0 Å². The summed E-state index contributed by atoms with van der Waals surface area (Å²) in [6, 6.07) is 9.11. The van der Waals surface area contributed by atoms with Crippen molar-refractivity contribution in [1.82, 2.24) is 5.32 Å². The van der Waals surface area contributed by atoms with Crippen molar-refractivity contribution in [2.75, 3.05) is 13.7 Å². The van der Waals surface area contributed by atoms with Crippen LogP contribution in [-0.2, 0) is 6.42 Å². The number of carboxylic acids is 1. The van der Waals surface area contributed by atoms with Crippen molar-refractivity contribution in [1.29, 1.82) is 0 Å². The van der Waals surface area contributed by atoms with Crippen molar-refractivity contribution in [3.05, 3.63) is 53.0 Å². The van der Waals surface area contributed by atoms with Gasteiger partial charge in [-0.2, -0.15) is 0 Å². The van der Waals surface area contributed by atoms with Crippen molar-refractivity contribution in [2.45, 2.75) is 32.6 Å². The Labute approximate surface area is 146 Å². The second-order valence-corrected chi connectivity index (χ2v) is 5.82. The van der Waals surface area contributed by atoms with Gasteiger partial charge in [0.25, 0.3) is 5.91 Å². The summed E-state index contributed by atoms with van der Waals surface area (Å²) in [5.41, 5.74) is 1.20. The van der Waals surface area contributed by atoms with Crippen LogP contribution in [0.15, 0.2) is 34.7 Å². The Kier molecular flexibility index (Phi) is 6.22. The Morgan fingerprint density at radius 3 is 2.48 bits per heavy atom. The van der Waals surface area contributed by atoms with Gasteiger partial charge in [0.2, 0.25) is 0 Å². The molecule has 0 saturated carbocycles. The highest BCUT2D eigenvalue weighted by molar-refractivity contribution is 5.96. The molecule has 1 aromatic heterocycles. The van der Waals surface area contributed by atoms with E-state index >= 15 is 0 Å². The molecule has 0 bridgehead atoms. The molecule has 2 N–H and O–H groups in total. The Morgan fingerprint density at radius 2 is 1.96 bits per heavy atom. The molecule has 6 nitrogen and oxygen atoms in total. The first-order chi connectivity index (χ1) is 12.0. The number of aromatic carboxylic acids is 1. The summed E-state index contributed by atoms with van der Waals surface area (Å²) >= 11 is 0. The number of ether oxygens (including phenoxy) is 1. The fraction of sp³-hybridized carbons (Fsp3) is 0.368. The van der Waals surface area contributed by atoms with Crippen molar-refractivity contribution in [3.63, 3.8) is 0 Å². The van der Waals surface area contributed by atoms with Gasteiger partial charge in [-0.3, -0.25) is 4.79 Å². The van der Waals surface area contributed by atoms with Gasteiger partial charge in [0.15, 0.2) is 5.76 Å². The van der Waals surface area contributed by atoms with Crippen LogP contribution in [-0.4, -0.2) is 30.6 Å². The quantitative estimate of drug-likeness (QED) is 0.765. The Bertz CT molecular complexity index is 733. The molecule has 1 amide bonds. The highest BCUT2D eigenvalue weighted by Crippen LogP contribution is 2.21. The minimum Gasteiger partial charge on any atom is -0.497 e. The third-order valence-electron chi connectivity index (χ3n) is 4.13. The van der Waals surface area contributed by atoms with Crippen LogP contribution in [0.1, 0.15) is 58.4 Å². The van der Waals surface area contributed by atoms with Crippen molar-refractivity contribution in [3.8, 4) is 5.75 Å². The van der Waals surface area contributed by atoms with Crippen LogP contribution < -0.4 is 10.1 Å². The largest absolute Gasteiger partial charge is 0.497 e. The molecule has 25 heavy (non-hydrogen) atoms. The van der Waals surface area contributed by atoms with Gasteiger partial charge in [-0.05, 0) is 30.0 Å². The molecule has 6 heteroatoms. The van der Waals surface area contributed by atoms with Crippen LogP contribution in [0, 0.1) is 0 Å². The molecule has 0 spiro atoms.